The summed E-state index contributed by atoms with van der Waals surface area (Å²) in [7, 11) is 0. The zero-order chi connectivity index (χ0) is 11.6. The first-order valence-electron chi connectivity index (χ1n) is 6.91. The highest BCUT2D eigenvalue weighted by molar-refractivity contribution is 5.00. The molecule has 2 fully saturated rings. The van der Waals surface area contributed by atoms with Crippen LogP contribution in [-0.4, -0.2) is 54.1 Å². The summed E-state index contributed by atoms with van der Waals surface area (Å²) in [5.41, 5.74) is 6.36. The van der Waals surface area contributed by atoms with Crippen LogP contribution in [0.3, 0.4) is 0 Å². The van der Waals surface area contributed by atoms with E-state index < -0.39 is 0 Å². The molecular formula is C13H27N3. The number of rotatable bonds is 4. The molecule has 2 rings (SSSR count). The Morgan fingerprint density at radius 1 is 1.19 bits per heavy atom. The summed E-state index contributed by atoms with van der Waals surface area (Å²) in [5, 5.41) is 0. The van der Waals surface area contributed by atoms with Crippen LogP contribution in [0.4, 0.5) is 0 Å². The normalized spacial score (nSPS) is 28.7. The van der Waals surface area contributed by atoms with E-state index in [4.69, 9.17) is 5.73 Å². The average molecular weight is 225 g/mol. The molecule has 1 unspecified atom stereocenters. The molecular weight excluding hydrogens is 198 g/mol. The molecule has 1 aliphatic carbocycles. The minimum Gasteiger partial charge on any atom is -0.329 e. The molecule has 94 valence electrons. The second kappa shape index (κ2) is 5.03. The largest absolute Gasteiger partial charge is 0.329 e. The van der Waals surface area contributed by atoms with Crippen LogP contribution >= 0.6 is 0 Å². The number of hydrogen-bond donors (Lipinski definition) is 1. The summed E-state index contributed by atoms with van der Waals surface area (Å²) < 4.78 is 0. The molecule has 2 N–H and O–H groups in total. The Morgan fingerprint density at radius 2 is 1.81 bits per heavy atom. The van der Waals surface area contributed by atoms with Crippen LogP contribution < -0.4 is 5.73 Å². The van der Waals surface area contributed by atoms with E-state index in [0.717, 1.165) is 12.6 Å². The van der Waals surface area contributed by atoms with Gasteiger partial charge >= 0.3 is 0 Å². The Balaban J connectivity index is 1.85. The summed E-state index contributed by atoms with van der Waals surface area (Å²) in [6, 6.07) is 0.748. The first kappa shape index (κ1) is 12.3. The minimum atomic E-state index is 0.390. The van der Waals surface area contributed by atoms with E-state index in [0.29, 0.717) is 5.54 Å². The SMILES string of the molecule is CCC(C)N1CCN(C2(CN)CCC2)CC1. The summed E-state index contributed by atoms with van der Waals surface area (Å²) in [6.07, 6.45) is 5.30. The number of nitrogens with zero attached hydrogens (tertiary/aromatic N) is 2. The predicted octanol–water partition coefficient (Wildman–Crippen LogP) is 1.28. The van der Waals surface area contributed by atoms with Gasteiger partial charge in [-0.3, -0.25) is 9.80 Å². The van der Waals surface area contributed by atoms with Gasteiger partial charge in [-0.25, -0.2) is 0 Å². The summed E-state index contributed by atoms with van der Waals surface area (Å²) in [6.45, 7) is 10.4. The van der Waals surface area contributed by atoms with Crippen LogP contribution in [0.25, 0.3) is 0 Å². The zero-order valence-electron chi connectivity index (χ0n) is 10.9. The Hall–Kier alpha value is -0.120. The van der Waals surface area contributed by atoms with Gasteiger partial charge in [-0.1, -0.05) is 6.92 Å². The summed E-state index contributed by atoms with van der Waals surface area (Å²) in [5.74, 6) is 0. The molecule has 0 aromatic heterocycles. The fourth-order valence-electron chi connectivity index (χ4n) is 3.13. The summed E-state index contributed by atoms with van der Waals surface area (Å²) in [4.78, 5) is 5.29. The van der Waals surface area contributed by atoms with Gasteiger partial charge in [-0.05, 0) is 32.6 Å². The first-order valence-corrected chi connectivity index (χ1v) is 6.91. The average Bonchev–Trinajstić information content (AvgIpc) is 2.28. The van der Waals surface area contributed by atoms with Crippen molar-refractivity contribution in [3.8, 4) is 0 Å². The van der Waals surface area contributed by atoms with Crippen molar-refractivity contribution in [2.75, 3.05) is 32.7 Å². The maximum absolute atomic E-state index is 5.96. The van der Waals surface area contributed by atoms with Gasteiger partial charge in [0.25, 0.3) is 0 Å². The molecule has 1 heterocycles. The lowest BCUT2D eigenvalue weighted by atomic mass is 9.75. The van der Waals surface area contributed by atoms with E-state index in [1.54, 1.807) is 0 Å². The molecule has 0 radical (unpaired) electrons. The molecule has 2 aliphatic rings. The third-order valence-corrected chi connectivity index (χ3v) is 4.86. The van der Waals surface area contributed by atoms with Gasteiger partial charge in [0.15, 0.2) is 0 Å². The highest BCUT2D eigenvalue weighted by Gasteiger charge is 2.42. The molecule has 0 amide bonds. The third-order valence-electron chi connectivity index (χ3n) is 4.86. The molecule has 1 saturated heterocycles. The van der Waals surface area contributed by atoms with Crippen LogP contribution in [-0.2, 0) is 0 Å². The van der Waals surface area contributed by atoms with E-state index in [9.17, 15) is 0 Å². The molecule has 1 aliphatic heterocycles. The van der Waals surface area contributed by atoms with Crippen LogP contribution in [0.5, 0.6) is 0 Å². The molecule has 3 nitrogen and oxygen atoms in total. The van der Waals surface area contributed by atoms with Crippen molar-refractivity contribution >= 4 is 0 Å². The summed E-state index contributed by atoms with van der Waals surface area (Å²) >= 11 is 0. The highest BCUT2D eigenvalue weighted by atomic mass is 15.3. The van der Waals surface area contributed by atoms with Gasteiger partial charge in [-0.15, -0.1) is 0 Å². The van der Waals surface area contributed by atoms with Crippen LogP contribution in [0.1, 0.15) is 39.5 Å². The number of nitrogens with two attached hydrogens (primary N) is 1. The van der Waals surface area contributed by atoms with E-state index in [2.05, 4.69) is 23.6 Å². The maximum atomic E-state index is 5.96. The lowest BCUT2D eigenvalue weighted by Gasteiger charge is -2.53. The van der Waals surface area contributed by atoms with Crippen LogP contribution in [0, 0.1) is 0 Å². The van der Waals surface area contributed by atoms with E-state index >= 15 is 0 Å². The van der Waals surface area contributed by atoms with Crippen molar-refractivity contribution in [3.05, 3.63) is 0 Å². The molecule has 3 heteroatoms. The minimum absolute atomic E-state index is 0.390. The molecule has 0 aromatic carbocycles. The van der Waals surface area contributed by atoms with Gasteiger partial charge in [0.2, 0.25) is 0 Å². The monoisotopic (exact) mass is 225 g/mol. The van der Waals surface area contributed by atoms with Crippen molar-refractivity contribution in [2.45, 2.75) is 51.1 Å². The fourth-order valence-corrected chi connectivity index (χ4v) is 3.13. The molecule has 0 bridgehead atoms. The van der Waals surface area contributed by atoms with Crippen LogP contribution in [0.15, 0.2) is 0 Å². The predicted molar refractivity (Wildman–Crippen MR) is 68.5 cm³/mol. The molecule has 0 aromatic rings. The van der Waals surface area contributed by atoms with E-state index in [-0.39, 0.29) is 0 Å². The zero-order valence-corrected chi connectivity index (χ0v) is 10.9. The highest BCUT2D eigenvalue weighted by Crippen LogP contribution is 2.37. The quantitative estimate of drug-likeness (QED) is 0.782. The molecule has 0 spiro atoms. The maximum Gasteiger partial charge on any atom is 0.0332 e. The van der Waals surface area contributed by atoms with Gasteiger partial charge in [0.1, 0.15) is 0 Å². The van der Waals surface area contributed by atoms with Crippen LogP contribution in [0.2, 0.25) is 0 Å². The Kier molecular flexibility index (Phi) is 3.88. The second-order valence-electron chi connectivity index (χ2n) is 5.56. The van der Waals surface area contributed by atoms with Crippen molar-refractivity contribution in [3.63, 3.8) is 0 Å². The van der Waals surface area contributed by atoms with E-state index in [1.807, 2.05) is 0 Å². The standard InChI is InChI=1S/C13H27N3/c1-3-12(2)15-7-9-16(10-8-15)13(11-14)5-4-6-13/h12H,3-11,14H2,1-2H3. The Morgan fingerprint density at radius 3 is 2.19 bits per heavy atom. The van der Waals surface area contributed by atoms with Crippen molar-refractivity contribution in [1.82, 2.24) is 9.80 Å². The Bertz CT molecular complexity index is 212. The van der Waals surface area contributed by atoms with Gasteiger partial charge in [-0.2, -0.15) is 0 Å². The first-order chi connectivity index (χ1) is 7.72. The third kappa shape index (κ3) is 2.13. The smallest absolute Gasteiger partial charge is 0.0332 e. The Labute approximate surface area is 100.0 Å². The number of piperazine rings is 1. The second-order valence-corrected chi connectivity index (χ2v) is 5.56. The van der Waals surface area contributed by atoms with Crippen molar-refractivity contribution < 1.29 is 0 Å². The van der Waals surface area contributed by atoms with Gasteiger partial charge in [0, 0.05) is 44.3 Å². The van der Waals surface area contributed by atoms with Gasteiger partial charge in [0.05, 0.1) is 0 Å². The molecule has 1 atom stereocenters. The topological polar surface area (TPSA) is 32.5 Å². The fraction of sp³-hybridized carbons (Fsp3) is 1.00. The molecule has 1 saturated carbocycles. The van der Waals surface area contributed by atoms with Gasteiger partial charge < -0.3 is 5.73 Å². The van der Waals surface area contributed by atoms with Crippen molar-refractivity contribution in [2.24, 2.45) is 5.73 Å². The van der Waals surface area contributed by atoms with Crippen molar-refractivity contribution in [1.29, 1.82) is 0 Å². The lowest BCUT2D eigenvalue weighted by molar-refractivity contribution is -0.0202. The van der Waals surface area contributed by atoms with E-state index in [1.165, 1.54) is 51.9 Å². The molecule has 16 heavy (non-hydrogen) atoms. The lowest BCUT2D eigenvalue weighted by Crippen LogP contribution is -2.63. The number of hydrogen-bond acceptors (Lipinski definition) is 3.